The van der Waals surface area contributed by atoms with E-state index in [1.165, 1.54) is 5.56 Å². The van der Waals surface area contributed by atoms with Crippen molar-refractivity contribution in [3.8, 4) is 0 Å². The van der Waals surface area contributed by atoms with Crippen molar-refractivity contribution < 1.29 is 4.79 Å². The molecule has 4 nitrogen and oxygen atoms in total. The standard InChI is InChI=1S/C18H29N3O/c1-18(2,3)21-13-11-20(12-14-21)15-17(22)19-10-9-16-7-5-4-6-8-16/h4-8H,9-15H2,1-3H3,(H,19,22). The van der Waals surface area contributed by atoms with Gasteiger partial charge in [-0.1, -0.05) is 30.3 Å². The van der Waals surface area contributed by atoms with E-state index >= 15 is 0 Å². The van der Waals surface area contributed by atoms with Gasteiger partial charge in [0.2, 0.25) is 5.91 Å². The van der Waals surface area contributed by atoms with Crippen LogP contribution in [0, 0.1) is 0 Å². The lowest BCUT2D eigenvalue weighted by atomic mass is 10.1. The monoisotopic (exact) mass is 303 g/mol. The fraction of sp³-hybridized carbons (Fsp3) is 0.611. The van der Waals surface area contributed by atoms with Crippen LogP contribution in [0.2, 0.25) is 0 Å². The first kappa shape index (κ1) is 17.0. The van der Waals surface area contributed by atoms with E-state index in [9.17, 15) is 4.79 Å². The second kappa shape index (κ2) is 7.75. The molecule has 1 N–H and O–H groups in total. The highest BCUT2D eigenvalue weighted by Crippen LogP contribution is 2.15. The Hall–Kier alpha value is -1.39. The van der Waals surface area contributed by atoms with Crippen LogP contribution in [0.1, 0.15) is 26.3 Å². The van der Waals surface area contributed by atoms with Gasteiger partial charge in [0.05, 0.1) is 6.54 Å². The van der Waals surface area contributed by atoms with Crippen LogP contribution in [0.15, 0.2) is 30.3 Å². The smallest absolute Gasteiger partial charge is 0.234 e. The average Bonchev–Trinajstić information content (AvgIpc) is 2.48. The SMILES string of the molecule is CC(C)(C)N1CCN(CC(=O)NCCc2ccccc2)CC1. The van der Waals surface area contributed by atoms with Crippen LogP contribution >= 0.6 is 0 Å². The highest BCUT2D eigenvalue weighted by Gasteiger charge is 2.26. The Morgan fingerprint density at radius 2 is 1.73 bits per heavy atom. The maximum absolute atomic E-state index is 12.0. The Kier molecular flexibility index (Phi) is 5.98. The molecule has 1 heterocycles. The van der Waals surface area contributed by atoms with Gasteiger partial charge in [0.15, 0.2) is 0 Å². The molecule has 0 unspecified atom stereocenters. The van der Waals surface area contributed by atoms with Gasteiger partial charge in [0.25, 0.3) is 0 Å². The molecule has 0 atom stereocenters. The molecule has 0 bridgehead atoms. The summed E-state index contributed by atoms with van der Waals surface area (Å²) >= 11 is 0. The van der Waals surface area contributed by atoms with Crippen molar-refractivity contribution in [1.29, 1.82) is 0 Å². The topological polar surface area (TPSA) is 35.6 Å². The third-order valence-corrected chi connectivity index (χ3v) is 4.27. The lowest BCUT2D eigenvalue weighted by molar-refractivity contribution is -0.122. The van der Waals surface area contributed by atoms with Gasteiger partial charge in [0, 0.05) is 38.3 Å². The average molecular weight is 303 g/mol. The Morgan fingerprint density at radius 3 is 2.32 bits per heavy atom. The number of nitrogens with zero attached hydrogens (tertiary/aromatic N) is 2. The van der Waals surface area contributed by atoms with Crippen molar-refractivity contribution in [2.45, 2.75) is 32.7 Å². The van der Waals surface area contributed by atoms with Crippen molar-refractivity contribution in [3.05, 3.63) is 35.9 Å². The van der Waals surface area contributed by atoms with E-state index in [0.29, 0.717) is 13.1 Å². The third-order valence-electron chi connectivity index (χ3n) is 4.27. The van der Waals surface area contributed by atoms with Crippen molar-refractivity contribution in [3.63, 3.8) is 0 Å². The van der Waals surface area contributed by atoms with Gasteiger partial charge in [-0.05, 0) is 32.8 Å². The Labute approximate surface area is 134 Å². The van der Waals surface area contributed by atoms with Gasteiger partial charge in [-0.25, -0.2) is 0 Å². The summed E-state index contributed by atoms with van der Waals surface area (Å²) in [6, 6.07) is 10.3. The maximum Gasteiger partial charge on any atom is 0.234 e. The van der Waals surface area contributed by atoms with E-state index in [0.717, 1.165) is 32.6 Å². The van der Waals surface area contributed by atoms with E-state index in [-0.39, 0.29) is 11.4 Å². The van der Waals surface area contributed by atoms with E-state index in [1.54, 1.807) is 0 Å². The first-order chi connectivity index (χ1) is 10.4. The molecule has 1 fully saturated rings. The van der Waals surface area contributed by atoms with Crippen LogP contribution in [-0.2, 0) is 11.2 Å². The molecule has 2 rings (SSSR count). The molecule has 0 aromatic heterocycles. The van der Waals surface area contributed by atoms with Crippen LogP contribution in [-0.4, -0.2) is 60.5 Å². The number of hydrogen-bond acceptors (Lipinski definition) is 3. The van der Waals surface area contributed by atoms with Gasteiger partial charge in [-0.2, -0.15) is 0 Å². The molecule has 1 saturated heterocycles. The molecule has 0 spiro atoms. The number of rotatable bonds is 5. The van der Waals surface area contributed by atoms with Crippen LogP contribution < -0.4 is 5.32 Å². The molecular formula is C18H29N3O. The predicted octanol–water partition coefficient (Wildman–Crippen LogP) is 1.76. The molecule has 4 heteroatoms. The van der Waals surface area contributed by atoms with Crippen molar-refractivity contribution in [2.24, 2.45) is 0 Å². The molecule has 1 aromatic rings. The summed E-state index contributed by atoms with van der Waals surface area (Å²) in [7, 11) is 0. The Bertz CT molecular complexity index is 459. The zero-order valence-corrected chi connectivity index (χ0v) is 14.1. The molecule has 122 valence electrons. The van der Waals surface area contributed by atoms with Gasteiger partial charge < -0.3 is 5.32 Å². The first-order valence-corrected chi connectivity index (χ1v) is 8.23. The van der Waals surface area contributed by atoms with Gasteiger partial charge >= 0.3 is 0 Å². The first-order valence-electron chi connectivity index (χ1n) is 8.23. The fourth-order valence-corrected chi connectivity index (χ4v) is 2.83. The van der Waals surface area contributed by atoms with E-state index in [2.05, 4.69) is 48.0 Å². The van der Waals surface area contributed by atoms with Crippen molar-refractivity contribution in [1.82, 2.24) is 15.1 Å². The minimum atomic E-state index is 0.139. The number of piperazine rings is 1. The summed E-state index contributed by atoms with van der Waals surface area (Å²) in [6.07, 6.45) is 0.893. The highest BCUT2D eigenvalue weighted by molar-refractivity contribution is 5.78. The number of carbonyl (C=O) groups excluding carboxylic acids is 1. The minimum absolute atomic E-state index is 0.139. The summed E-state index contributed by atoms with van der Waals surface area (Å²) in [5.74, 6) is 0.139. The molecule has 1 amide bonds. The maximum atomic E-state index is 12.0. The van der Waals surface area contributed by atoms with Crippen molar-refractivity contribution in [2.75, 3.05) is 39.3 Å². The van der Waals surface area contributed by atoms with Gasteiger partial charge in [-0.3, -0.25) is 14.6 Å². The summed E-state index contributed by atoms with van der Waals surface area (Å²) < 4.78 is 0. The normalized spacial score (nSPS) is 17.4. The van der Waals surface area contributed by atoms with Crippen LogP contribution in [0.3, 0.4) is 0 Å². The second-order valence-corrected chi connectivity index (χ2v) is 7.02. The summed E-state index contributed by atoms with van der Waals surface area (Å²) in [5.41, 5.74) is 1.49. The molecule has 0 aliphatic carbocycles. The van der Waals surface area contributed by atoms with Crippen molar-refractivity contribution >= 4 is 5.91 Å². The number of carbonyl (C=O) groups is 1. The van der Waals surface area contributed by atoms with E-state index in [4.69, 9.17) is 0 Å². The summed E-state index contributed by atoms with van der Waals surface area (Å²) in [5, 5.41) is 3.03. The van der Waals surface area contributed by atoms with Crippen LogP contribution in [0.25, 0.3) is 0 Å². The molecule has 22 heavy (non-hydrogen) atoms. The van der Waals surface area contributed by atoms with E-state index in [1.807, 2.05) is 18.2 Å². The zero-order chi connectivity index (χ0) is 16.0. The quantitative estimate of drug-likeness (QED) is 0.900. The molecule has 1 aromatic carbocycles. The summed E-state index contributed by atoms with van der Waals surface area (Å²) in [4.78, 5) is 16.7. The molecule has 1 aliphatic rings. The summed E-state index contributed by atoms with van der Waals surface area (Å²) in [6.45, 7) is 12.0. The van der Waals surface area contributed by atoms with E-state index < -0.39 is 0 Å². The Morgan fingerprint density at radius 1 is 1.09 bits per heavy atom. The predicted molar refractivity (Wildman–Crippen MR) is 90.9 cm³/mol. The molecule has 0 radical (unpaired) electrons. The lowest BCUT2D eigenvalue weighted by Gasteiger charge is -2.42. The second-order valence-electron chi connectivity index (χ2n) is 7.02. The molecule has 1 aliphatic heterocycles. The van der Waals surface area contributed by atoms with Gasteiger partial charge in [-0.15, -0.1) is 0 Å². The highest BCUT2D eigenvalue weighted by atomic mass is 16.2. The third kappa shape index (κ3) is 5.43. The zero-order valence-electron chi connectivity index (χ0n) is 14.1. The number of benzene rings is 1. The van der Waals surface area contributed by atoms with Gasteiger partial charge in [0.1, 0.15) is 0 Å². The lowest BCUT2D eigenvalue weighted by Crippen LogP contribution is -2.54. The largest absolute Gasteiger partial charge is 0.355 e. The molecule has 0 saturated carbocycles. The van der Waals surface area contributed by atoms with Crippen LogP contribution in [0.4, 0.5) is 0 Å². The number of hydrogen-bond donors (Lipinski definition) is 1. The Balaban J connectivity index is 1.64. The minimum Gasteiger partial charge on any atom is -0.355 e. The van der Waals surface area contributed by atoms with Crippen LogP contribution in [0.5, 0.6) is 0 Å². The number of amides is 1. The molecular weight excluding hydrogens is 274 g/mol. The number of nitrogens with one attached hydrogen (secondary N) is 1. The fourth-order valence-electron chi connectivity index (χ4n) is 2.83.